The molecule has 84 heavy (non-hydrogen) atoms. The van der Waals surface area contributed by atoms with Gasteiger partial charge >= 0.3 is 0 Å². The molecule has 4 N–H and O–H groups in total. The standard InChI is InChI=1S/C32H43Cl2N2O6P.C21H45O17P3/c1-36(30-18-16-25(26-11-7-8-12-27(26)30)23-14-17-28(33)29(34)22-23)32(39)13-6-4-3-5-10-24(37)15-19-31(38)35-20-9-21-42-43(2,40)41;1-3-31-10-6-4-8-12-33-40(27,28)35-15-14-32-11-7-5-9-13-34-41(29,30)36-16-18-19(38-39(2,25)26)20(23)21(24,17-22)37-18/h7-8,11-12,14,17,22,25,30H,3-6,9-10,13,15-16,18-21H2,1-2H3,(H,35,38)(H,40,41);18-20,22-24H,3-17H2,1-2H3,(H,25,26)(H,27,28)(H,29,30)/p-4/t25-,30-;18-,19?,20-,21-/m01/s1. The van der Waals surface area contributed by atoms with Crippen LogP contribution in [0.2, 0.25) is 10.0 Å². The van der Waals surface area contributed by atoms with Gasteiger partial charge in [-0.3, -0.25) is 23.5 Å². The van der Waals surface area contributed by atoms with Gasteiger partial charge in [-0.15, -0.1) is 0 Å². The Labute approximate surface area is 502 Å². The first-order chi connectivity index (χ1) is 39.6. The van der Waals surface area contributed by atoms with Crippen LogP contribution >= 0.6 is 54.0 Å². The first kappa shape index (κ1) is 76.2. The molecule has 2 aromatic carbocycles. The second-order valence-electron chi connectivity index (χ2n) is 20.3. The molecular formula is C53H84Cl2N2O23P4-4. The van der Waals surface area contributed by atoms with Crippen molar-refractivity contribution in [2.75, 3.05) is 93.0 Å². The maximum atomic E-state index is 13.1. The summed E-state index contributed by atoms with van der Waals surface area (Å²) in [6.45, 7) is 3.04. The third kappa shape index (κ3) is 30.4. The third-order valence-electron chi connectivity index (χ3n) is 13.3. The molecule has 0 spiro atoms. The molecule has 1 aliphatic heterocycles. The van der Waals surface area contributed by atoms with Crippen molar-refractivity contribution in [3.8, 4) is 0 Å². The fourth-order valence-corrected chi connectivity index (χ4v) is 12.0. The summed E-state index contributed by atoms with van der Waals surface area (Å²) in [4.78, 5) is 85.1. The summed E-state index contributed by atoms with van der Waals surface area (Å²) in [7, 11) is -15.6. The number of halogens is 2. The number of ketones is 1. The van der Waals surface area contributed by atoms with E-state index in [4.69, 9.17) is 51.0 Å². The maximum Gasteiger partial charge on any atom is 0.267 e. The highest BCUT2D eigenvalue weighted by Crippen LogP contribution is 2.46. The molecule has 10 atom stereocenters. The molecule has 4 rings (SSSR count). The van der Waals surface area contributed by atoms with Gasteiger partial charge in [-0.05, 0) is 106 Å². The highest BCUT2D eigenvalue weighted by molar-refractivity contribution is 7.50. The first-order valence-corrected chi connectivity index (χ1v) is 35.8. The van der Waals surface area contributed by atoms with Crippen molar-refractivity contribution in [1.82, 2.24) is 10.2 Å². The summed E-state index contributed by atoms with van der Waals surface area (Å²) in [5, 5.41) is 33.1. The molecule has 2 amide bonds. The minimum absolute atomic E-state index is 0.0118. The Morgan fingerprint density at radius 3 is 1.89 bits per heavy atom. The van der Waals surface area contributed by atoms with Crippen LogP contribution in [0.25, 0.3) is 0 Å². The molecule has 0 bridgehead atoms. The van der Waals surface area contributed by atoms with Gasteiger partial charge in [0.1, 0.15) is 39.3 Å². The van der Waals surface area contributed by atoms with Crippen molar-refractivity contribution in [3.63, 3.8) is 0 Å². The largest absolute Gasteiger partial charge is 0.779 e. The number of amides is 2. The molecule has 482 valence electrons. The number of aliphatic hydroxyl groups excluding tert-OH is 2. The van der Waals surface area contributed by atoms with E-state index in [1.165, 1.54) is 11.1 Å². The first-order valence-electron chi connectivity index (χ1n) is 28.1. The minimum Gasteiger partial charge on any atom is -0.779 e. The quantitative estimate of drug-likeness (QED) is 0.0424. The Kier molecular flexibility index (Phi) is 35.5. The van der Waals surface area contributed by atoms with Gasteiger partial charge in [0.05, 0.1) is 62.3 Å². The Morgan fingerprint density at radius 1 is 0.690 bits per heavy atom. The minimum atomic E-state index is -4.88. The van der Waals surface area contributed by atoms with Crippen molar-refractivity contribution >= 4 is 71.6 Å². The van der Waals surface area contributed by atoms with E-state index in [-0.39, 0.29) is 82.0 Å². The lowest BCUT2D eigenvalue weighted by Crippen LogP contribution is -2.46. The topological polar surface area (TPSA) is 371 Å². The third-order valence-corrected chi connectivity index (χ3v) is 17.3. The number of phosphoric acid groups is 2. The lowest BCUT2D eigenvalue weighted by atomic mass is 9.76. The van der Waals surface area contributed by atoms with Crippen LogP contribution in [0.15, 0.2) is 42.5 Å². The van der Waals surface area contributed by atoms with E-state index in [1.54, 1.807) is 0 Å². The summed E-state index contributed by atoms with van der Waals surface area (Å²) in [6.07, 6.45) is 4.73. The number of carbonyl (C=O) groups excluding carboxylic acids is 3. The average Bonchev–Trinajstić information content (AvgIpc) is 2.41. The molecule has 2 aromatic rings. The second-order valence-corrected chi connectivity index (χ2v) is 27.5. The van der Waals surface area contributed by atoms with Gasteiger partial charge in [0.25, 0.3) is 15.6 Å². The van der Waals surface area contributed by atoms with Crippen LogP contribution in [0.4, 0.5) is 0 Å². The van der Waals surface area contributed by atoms with Crippen LogP contribution in [-0.4, -0.2) is 155 Å². The number of rotatable bonds is 42. The van der Waals surface area contributed by atoms with Gasteiger partial charge in [-0.2, -0.15) is 0 Å². The molecule has 0 saturated carbocycles. The van der Waals surface area contributed by atoms with Crippen molar-refractivity contribution in [2.24, 2.45) is 0 Å². The fraction of sp³-hybridized carbons (Fsp3) is 0.717. The van der Waals surface area contributed by atoms with E-state index in [2.05, 4.69) is 31.0 Å². The molecule has 31 heteroatoms. The van der Waals surface area contributed by atoms with Crippen molar-refractivity contribution in [1.29, 1.82) is 0 Å². The molecule has 1 heterocycles. The van der Waals surface area contributed by atoms with Crippen LogP contribution in [0.5, 0.6) is 0 Å². The number of nitrogens with one attached hydrogen (secondary N) is 1. The number of ether oxygens (including phenoxy) is 3. The summed E-state index contributed by atoms with van der Waals surface area (Å²) in [6, 6.07) is 14.2. The number of hydrogen-bond acceptors (Lipinski definition) is 23. The van der Waals surface area contributed by atoms with Gasteiger partial charge in [0, 0.05) is 78.3 Å². The monoisotopic (exact) mass is 1310 g/mol. The van der Waals surface area contributed by atoms with Crippen molar-refractivity contribution in [3.05, 3.63) is 69.2 Å². The number of unbranched alkanes of at least 4 members (excludes halogenated alkanes) is 7. The summed E-state index contributed by atoms with van der Waals surface area (Å²) in [5.41, 5.74) is 3.53. The molecule has 2 aliphatic rings. The summed E-state index contributed by atoms with van der Waals surface area (Å²) in [5.74, 6) is -2.44. The van der Waals surface area contributed by atoms with E-state index in [9.17, 15) is 67.5 Å². The van der Waals surface area contributed by atoms with E-state index in [0.29, 0.717) is 81.4 Å². The van der Waals surface area contributed by atoms with Gasteiger partial charge in [0.2, 0.25) is 17.6 Å². The molecule has 0 aromatic heterocycles. The van der Waals surface area contributed by atoms with Gasteiger partial charge < -0.3 is 95.6 Å². The molecule has 25 nitrogen and oxygen atoms in total. The number of Topliss-reactive ketones (excluding diaryl/α,β-unsaturated/α-hetero) is 1. The highest BCUT2D eigenvalue weighted by Gasteiger charge is 2.55. The van der Waals surface area contributed by atoms with Gasteiger partial charge in [-0.25, -0.2) is 0 Å². The number of fused-ring (bicyclic) bond motifs is 1. The molecule has 0 radical (unpaired) electrons. The van der Waals surface area contributed by atoms with E-state index < -0.39 is 68.1 Å². The van der Waals surface area contributed by atoms with Gasteiger partial charge in [-0.1, -0.05) is 66.4 Å². The Balaban J connectivity index is 0.000000441. The van der Waals surface area contributed by atoms with Crippen LogP contribution in [-0.2, 0) is 74.0 Å². The Hall–Kier alpha value is -2.09. The Morgan fingerprint density at radius 2 is 1.27 bits per heavy atom. The van der Waals surface area contributed by atoms with Crippen LogP contribution in [0.3, 0.4) is 0 Å². The van der Waals surface area contributed by atoms with Crippen LogP contribution in [0, 0.1) is 0 Å². The number of aliphatic hydroxyl groups is 3. The number of nitrogens with zero attached hydrogens (tertiary/aromatic N) is 1. The zero-order chi connectivity index (χ0) is 62.4. The van der Waals surface area contributed by atoms with E-state index in [0.717, 1.165) is 63.6 Å². The number of phosphoric ester groups is 2. The van der Waals surface area contributed by atoms with E-state index >= 15 is 0 Å². The van der Waals surface area contributed by atoms with Gasteiger partial charge in [0.15, 0.2) is 0 Å². The zero-order valence-corrected chi connectivity index (χ0v) is 53.3. The fourth-order valence-electron chi connectivity index (χ4n) is 9.02. The lowest BCUT2D eigenvalue weighted by Gasteiger charge is -2.37. The van der Waals surface area contributed by atoms with Crippen LogP contribution in [0.1, 0.15) is 145 Å². The van der Waals surface area contributed by atoms with E-state index in [1.807, 2.05) is 49.2 Å². The smallest absolute Gasteiger partial charge is 0.267 e. The predicted molar refractivity (Wildman–Crippen MR) is 304 cm³/mol. The normalized spacial score (nSPS) is 22.3. The predicted octanol–water partition coefficient (Wildman–Crippen LogP) is 6.21. The SMILES string of the molecule is CCOCCCCCOP(=O)([O-])OCCOCCCCCOP(=O)([O-])OC[C@H]1O[C@](O)(CO)[C@H](O)C1OP(C)(=O)[O-].CN(C(=O)CCCCCCC(=O)CCC(=O)NCCCOP(C)(=O)[O-])[C@H]1CC[C@@H](c2ccc(Cl)c(Cl)c2)c2ccccc21. The lowest BCUT2D eigenvalue weighted by molar-refractivity contribution is -0.253. The average molecular weight is 1310 g/mol. The highest BCUT2D eigenvalue weighted by atomic mass is 35.5. The summed E-state index contributed by atoms with van der Waals surface area (Å²) < 4.78 is 89.7. The molecule has 1 saturated heterocycles. The van der Waals surface area contributed by atoms with Crippen molar-refractivity contribution < 1.29 is 109 Å². The number of carbonyl (C=O) groups is 3. The second kappa shape index (κ2) is 39.1. The number of hydrogen-bond donors (Lipinski definition) is 4. The molecular weight excluding hydrogens is 1230 g/mol. The maximum absolute atomic E-state index is 13.1. The molecule has 1 fully saturated rings. The Bertz CT molecular complexity index is 2490. The molecule has 1 aliphatic carbocycles. The van der Waals surface area contributed by atoms with Crippen LogP contribution < -0.4 is 24.9 Å². The van der Waals surface area contributed by atoms with Crippen molar-refractivity contribution in [2.45, 2.75) is 152 Å². The number of benzene rings is 2. The summed E-state index contributed by atoms with van der Waals surface area (Å²) >= 11 is 12.4. The molecule has 5 unspecified atom stereocenters. The zero-order valence-electron chi connectivity index (χ0n) is 48.2.